The molecule has 0 bridgehead atoms. The van der Waals surface area contributed by atoms with Gasteiger partial charge in [-0.1, -0.05) is 60.2 Å². The predicted octanol–water partition coefficient (Wildman–Crippen LogP) is 8.62. The first-order chi connectivity index (χ1) is 25.6. The highest BCUT2D eigenvalue weighted by Gasteiger charge is 2.44. The highest BCUT2D eigenvalue weighted by molar-refractivity contribution is 7.75. The normalized spacial score (nSPS) is 22.8. The Morgan fingerprint density at radius 1 is 1.15 bits per heavy atom. The lowest BCUT2D eigenvalue weighted by atomic mass is 9.68. The van der Waals surface area contributed by atoms with Crippen LogP contribution >= 0.6 is 11.6 Å². The average molecular weight is 760 g/mol. The molecule has 3 aliphatic rings. The SMILES string of the molecule is C=CCCC(NC(=O)O[C@@H](C)c1ccccc1)/[SH](=O)=N\C(=O)c1ccc2c(c1)N(C[C@@H]1CC[C@H]1[C@H](C=C)OC)C[C@@]1(CCCc3cc(Cl)ccc31)CO2. The molecule has 1 aliphatic heterocycles. The van der Waals surface area contributed by atoms with Gasteiger partial charge in [-0.05, 0) is 111 Å². The van der Waals surface area contributed by atoms with Gasteiger partial charge in [-0.3, -0.25) is 9.00 Å². The van der Waals surface area contributed by atoms with Crippen molar-refractivity contribution >= 4 is 39.9 Å². The third-order valence-electron chi connectivity index (χ3n) is 11.1. The third kappa shape index (κ3) is 8.82. The van der Waals surface area contributed by atoms with E-state index in [1.165, 1.54) is 11.1 Å². The first kappa shape index (κ1) is 38.6. The molecule has 11 heteroatoms. The Balaban J connectivity index is 1.27. The van der Waals surface area contributed by atoms with E-state index in [0.29, 0.717) is 42.7 Å². The second-order valence-corrected chi connectivity index (χ2v) is 16.3. The summed E-state index contributed by atoms with van der Waals surface area (Å²) in [6, 6.07) is 20.8. The van der Waals surface area contributed by atoms with Gasteiger partial charge in [0.1, 0.15) is 17.2 Å². The lowest BCUT2D eigenvalue weighted by molar-refractivity contribution is 0.0135. The molecule has 1 fully saturated rings. The second kappa shape index (κ2) is 17.3. The van der Waals surface area contributed by atoms with Gasteiger partial charge in [0.25, 0.3) is 5.91 Å². The maximum absolute atomic E-state index is 13.7. The van der Waals surface area contributed by atoms with Crippen LogP contribution in [0, 0.1) is 11.8 Å². The van der Waals surface area contributed by atoms with Crippen molar-refractivity contribution in [2.45, 2.75) is 74.9 Å². The molecule has 1 spiro atoms. The fraction of sp³-hybridized carbons (Fsp3) is 0.429. The van der Waals surface area contributed by atoms with Crippen molar-refractivity contribution < 1.29 is 28.0 Å². The summed E-state index contributed by atoms with van der Waals surface area (Å²) >= 11 is 6.45. The third-order valence-corrected chi connectivity index (χ3v) is 12.6. The quantitative estimate of drug-likeness (QED) is 0.133. The molecule has 3 aromatic rings. The topological polar surface area (TPSA) is 107 Å². The van der Waals surface area contributed by atoms with Crippen LogP contribution in [0.15, 0.2) is 96.4 Å². The highest BCUT2D eigenvalue weighted by atomic mass is 35.5. The molecule has 2 aliphatic carbocycles. The number of fused-ring (bicyclic) bond motifs is 3. The Morgan fingerprint density at radius 2 is 1.96 bits per heavy atom. The molecule has 2 amide bonds. The van der Waals surface area contributed by atoms with Crippen LogP contribution in [-0.2, 0) is 31.9 Å². The first-order valence-electron chi connectivity index (χ1n) is 18.5. The van der Waals surface area contributed by atoms with Gasteiger partial charge in [0, 0.05) is 36.2 Å². The van der Waals surface area contributed by atoms with Crippen LogP contribution in [-0.4, -0.2) is 54.5 Å². The molecule has 7 atom stereocenters. The number of ether oxygens (including phenoxy) is 3. The van der Waals surface area contributed by atoms with Gasteiger partial charge in [-0.25, -0.2) is 4.79 Å². The number of hydrogen-bond acceptors (Lipinski definition) is 7. The number of rotatable bonds is 13. The van der Waals surface area contributed by atoms with E-state index < -0.39 is 34.1 Å². The zero-order valence-corrected chi connectivity index (χ0v) is 32.2. The van der Waals surface area contributed by atoms with E-state index in [2.05, 4.69) is 39.9 Å². The standard InChI is InChI=1S/C42H50ClN3O6S/c1-5-7-15-39(44-41(48)52-28(3)29-12-9-8-10-13-29)53(49)45-40(47)31-17-21-38-36(24-31)46(25-32-16-19-34(32)37(6-2)50-4)26-42(27-51-38)22-11-14-30-23-33(43)18-20-35(30)42/h5-6,8-10,12-13,17-18,20-21,23-24,28,32,34,37,39,53H,1-2,7,11,14-16,19,22,25-27H2,3-4H3,(H,44,48)/t28-,32-,34+,37-,39?,42-/m0/s1. The van der Waals surface area contributed by atoms with Crippen molar-refractivity contribution in [1.29, 1.82) is 0 Å². The Morgan fingerprint density at radius 3 is 2.68 bits per heavy atom. The van der Waals surface area contributed by atoms with E-state index in [-0.39, 0.29) is 17.9 Å². The summed E-state index contributed by atoms with van der Waals surface area (Å²) in [5, 5.41) is 2.49. The molecule has 0 radical (unpaired) electrons. The summed E-state index contributed by atoms with van der Waals surface area (Å²) < 4.78 is 35.7. The number of methoxy groups -OCH3 is 1. The number of carbonyl (C=O) groups is 2. The van der Waals surface area contributed by atoms with Crippen molar-refractivity contribution in [3.05, 3.63) is 119 Å². The van der Waals surface area contributed by atoms with E-state index in [1.54, 1.807) is 26.2 Å². The maximum atomic E-state index is 13.7. The Kier molecular flexibility index (Phi) is 12.6. The van der Waals surface area contributed by atoms with Gasteiger partial charge in [0.15, 0.2) is 0 Å². The number of halogens is 1. The molecular formula is C42H50ClN3O6S. The number of allylic oxidation sites excluding steroid dienone is 1. The maximum Gasteiger partial charge on any atom is 0.408 e. The fourth-order valence-corrected chi connectivity index (χ4v) is 9.30. The number of nitrogens with one attached hydrogen (secondary N) is 1. The first-order valence-corrected chi connectivity index (χ1v) is 20.1. The predicted molar refractivity (Wildman–Crippen MR) is 211 cm³/mol. The minimum Gasteiger partial charge on any atom is -0.490 e. The van der Waals surface area contributed by atoms with Crippen molar-refractivity contribution in [2.75, 3.05) is 31.7 Å². The molecule has 1 heterocycles. The number of amides is 2. The van der Waals surface area contributed by atoms with Crippen LogP contribution in [0.3, 0.4) is 0 Å². The molecule has 3 aromatic carbocycles. The zero-order valence-electron chi connectivity index (χ0n) is 30.5. The average Bonchev–Trinajstić information content (AvgIpc) is 3.30. The monoisotopic (exact) mass is 759 g/mol. The van der Waals surface area contributed by atoms with Crippen LogP contribution < -0.4 is 15.0 Å². The van der Waals surface area contributed by atoms with Crippen LogP contribution in [0.1, 0.15) is 78.6 Å². The minimum absolute atomic E-state index is 0.0348. The molecule has 9 nitrogen and oxygen atoms in total. The molecule has 1 N–H and O–H groups in total. The largest absolute Gasteiger partial charge is 0.490 e. The molecule has 0 saturated heterocycles. The van der Waals surface area contributed by atoms with E-state index in [1.807, 2.05) is 54.6 Å². The number of benzene rings is 3. The summed E-state index contributed by atoms with van der Waals surface area (Å²) in [6.07, 6.45) is 8.07. The summed E-state index contributed by atoms with van der Waals surface area (Å²) in [5.74, 6) is 0.751. The molecular weight excluding hydrogens is 710 g/mol. The summed E-state index contributed by atoms with van der Waals surface area (Å²) in [4.78, 5) is 29.0. The van der Waals surface area contributed by atoms with Crippen LogP contribution in [0.25, 0.3) is 0 Å². The van der Waals surface area contributed by atoms with Gasteiger partial charge in [0.05, 0.1) is 29.0 Å². The number of alkyl carbamates (subject to hydrolysis) is 1. The van der Waals surface area contributed by atoms with Gasteiger partial charge < -0.3 is 24.4 Å². The van der Waals surface area contributed by atoms with Crippen LogP contribution in [0.4, 0.5) is 10.5 Å². The van der Waals surface area contributed by atoms with E-state index >= 15 is 0 Å². The lowest BCUT2D eigenvalue weighted by Gasteiger charge is -2.46. The summed E-state index contributed by atoms with van der Waals surface area (Å²) in [5.41, 5.74) is 4.16. The Hall–Kier alpha value is -4.12. The van der Waals surface area contributed by atoms with Crippen LogP contribution in [0.5, 0.6) is 5.75 Å². The summed E-state index contributed by atoms with van der Waals surface area (Å²) in [6.45, 7) is 11.5. The Labute approximate surface area is 319 Å². The Bertz CT molecular complexity index is 1900. The molecule has 1 saturated carbocycles. The molecule has 2 unspecified atom stereocenters. The molecule has 6 rings (SSSR count). The number of thiol groups is 1. The van der Waals surface area contributed by atoms with Gasteiger partial charge >= 0.3 is 6.09 Å². The van der Waals surface area contributed by atoms with E-state index in [4.69, 9.17) is 25.8 Å². The van der Waals surface area contributed by atoms with Gasteiger partial charge in [-0.15, -0.1) is 13.2 Å². The number of aryl methyl sites for hydroxylation is 1. The number of hydrogen-bond donors (Lipinski definition) is 2. The molecule has 282 valence electrons. The zero-order chi connectivity index (χ0) is 37.5. The fourth-order valence-electron chi connectivity index (χ4n) is 8.08. The van der Waals surface area contributed by atoms with E-state index in [9.17, 15) is 13.8 Å². The molecule has 0 aromatic heterocycles. The minimum atomic E-state index is -2.54. The van der Waals surface area contributed by atoms with Gasteiger partial charge in [-0.2, -0.15) is 4.36 Å². The van der Waals surface area contributed by atoms with Crippen molar-refractivity contribution in [1.82, 2.24) is 5.32 Å². The van der Waals surface area contributed by atoms with Crippen molar-refractivity contribution in [3.8, 4) is 5.75 Å². The van der Waals surface area contributed by atoms with Crippen molar-refractivity contribution in [3.63, 3.8) is 0 Å². The van der Waals surface area contributed by atoms with Gasteiger partial charge in [0.2, 0.25) is 0 Å². The number of anilines is 1. The second-order valence-electron chi connectivity index (χ2n) is 14.4. The number of carbonyl (C=O) groups excluding carboxylic acids is 2. The highest BCUT2D eigenvalue weighted by Crippen LogP contribution is 2.47. The van der Waals surface area contributed by atoms with Crippen molar-refractivity contribution in [2.24, 2.45) is 16.2 Å². The number of nitrogens with zero attached hydrogens (tertiary/aromatic N) is 2. The van der Waals surface area contributed by atoms with Crippen LogP contribution in [0.2, 0.25) is 5.02 Å². The summed E-state index contributed by atoms with van der Waals surface area (Å²) in [7, 11) is -0.813. The lowest BCUT2D eigenvalue weighted by Crippen LogP contribution is -2.49. The van der Waals surface area contributed by atoms with E-state index in [0.717, 1.165) is 54.9 Å². The molecule has 53 heavy (non-hydrogen) atoms. The smallest absolute Gasteiger partial charge is 0.408 e.